The normalized spacial score (nSPS) is 12.8. The van der Waals surface area contributed by atoms with Gasteiger partial charge < -0.3 is 24.6 Å². The van der Waals surface area contributed by atoms with Gasteiger partial charge in [0.15, 0.2) is 0 Å². The molecule has 0 spiro atoms. The average Bonchev–Trinajstić information content (AvgIpc) is 2.40. The second-order valence-corrected chi connectivity index (χ2v) is 4.56. The van der Waals surface area contributed by atoms with Crippen molar-refractivity contribution in [2.75, 3.05) is 52.8 Å². The Morgan fingerprint density at radius 1 is 0.947 bits per heavy atom. The predicted octanol–water partition coefficient (Wildman–Crippen LogP) is 1.20. The van der Waals surface area contributed by atoms with Gasteiger partial charge in [0.1, 0.15) is 0 Å². The molecule has 0 heterocycles. The minimum absolute atomic E-state index is 0.225. The molecule has 0 bridgehead atoms. The van der Waals surface area contributed by atoms with Crippen molar-refractivity contribution in [3.8, 4) is 0 Å². The van der Waals surface area contributed by atoms with Gasteiger partial charge in [0.25, 0.3) is 0 Å². The number of hydrogen-bond acceptors (Lipinski definition) is 5. The van der Waals surface area contributed by atoms with E-state index in [4.69, 9.17) is 19.3 Å². The standard InChI is InChI=1S/C14H31NO4/c1-3-4-8-17-10-12-19-13-11-18-9-6-15-14(2)5-7-16/h14-16H,3-13H2,1-2H3. The lowest BCUT2D eigenvalue weighted by Gasteiger charge is -2.12. The van der Waals surface area contributed by atoms with E-state index < -0.39 is 0 Å². The zero-order chi connectivity index (χ0) is 14.2. The maximum atomic E-state index is 8.73. The van der Waals surface area contributed by atoms with Crippen LogP contribution in [0.2, 0.25) is 0 Å². The molecule has 0 rings (SSSR count). The Bertz CT molecular complexity index is 170. The summed E-state index contributed by atoms with van der Waals surface area (Å²) in [5, 5.41) is 12.0. The quantitative estimate of drug-likeness (QED) is 0.440. The van der Waals surface area contributed by atoms with E-state index >= 15 is 0 Å². The predicted molar refractivity (Wildman–Crippen MR) is 76.5 cm³/mol. The lowest BCUT2D eigenvalue weighted by Crippen LogP contribution is -2.30. The van der Waals surface area contributed by atoms with E-state index in [1.54, 1.807) is 0 Å². The summed E-state index contributed by atoms with van der Waals surface area (Å²) >= 11 is 0. The van der Waals surface area contributed by atoms with Crippen LogP contribution in [0.15, 0.2) is 0 Å². The Kier molecular flexibility index (Phi) is 15.7. The SMILES string of the molecule is CCCCOCCOCCOCCNC(C)CCO. The molecule has 5 heteroatoms. The van der Waals surface area contributed by atoms with Crippen molar-refractivity contribution in [3.63, 3.8) is 0 Å². The monoisotopic (exact) mass is 277 g/mol. The van der Waals surface area contributed by atoms with Gasteiger partial charge in [0, 0.05) is 25.8 Å². The van der Waals surface area contributed by atoms with E-state index in [0.717, 1.165) is 26.0 Å². The molecule has 0 aromatic carbocycles. The third-order valence-corrected chi connectivity index (χ3v) is 2.69. The van der Waals surface area contributed by atoms with Gasteiger partial charge in [-0.05, 0) is 19.8 Å². The fourth-order valence-corrected chi connectivity index (χ4v) is 1.46. The van der Waals surface area contributed by atoms with Crippen molar-refractivity contribution in [1.82, 2.24) is 5.32 Å². The molecule has 0 radical (unpaired) electrons. The first kappa shape index (κ1) is 18.8. The molecule has 19 heavy (non-hydrogen) atoms. The molecule has 0 aromatic heterocycles. The number of unbranched alkanes of at least 4 members (excludes halogenated alkanes) is 1. The lowest BCUT2D eigenvalue weighted by molar-refractivity contribution is 0.0144. The molecule has 0 saturated heterocycles. The number of ether oxygens (including phenoxy) is 3. The maximum absolute atomic E-state index is 8.73. The minimum atomic E-state index is 0.225. The first-order valence-corrected chi connectivity index (χ1v) is 7.38. The lowest BCUT2D eigenvalue weighted by atomic mass is 10.2. The molecular weight excluding hydrogens is 246 g/mol. The van der Waals surface area contributed by atoms with Crippen LogP contribution in [-0.2, 0) is 14.2 Å². The van der Waals surface area contributed by atoms with Gasteiger partial charge in [-0.1, -0.05) is 13.3 Å². The number of rotatable bonds is 15. The number of hydrogen-bond donors (Lipinski definition) is 2. The summed E-state index contributed by atoms with van der Waals surface area (Å²) in [5.74, 6) is 0. The first-order chi connectivity index (χ1) is 9.31. The van der Waals surface area contributed by atoms with Crippen molar-refractivity contribution in [2.24, 2.45) is 0 Å². The number of aliphatic hydroxyl groups is 1. The highest BCUT2D eigenvalue weighted by molar-refractivity contribution is 4.58. The van der Waals surface area contributed by atoms with Crippen LogP contribution in [0.3, 0.4) is 0 Å². The van der Waals surface area contributed by atoms with Crippen LogP contribution in [0.5, 0.6) is 0 Å². The summed E-state index contributed by atoms with van der Waals surface area (Å²) in [4.78, 5) is 0. The third-order valence-electron chi connectivity index (χ3n) is 2.69. The van der Waals surface area contributed by atoms with Crippen LogP contribution in [0, 0.1) is 0 Å². The number of nitrogens with one attached hydrogen (secondary N) is 1. The van der Waals surface area contributed by atoms with Crippen LogP contribution in [0.1, 0.15) is 33.1 Å². The van der Waals surface area contributed by atoms with E-state index in [1.165, 1.54) is 6.42 Å². The smallest absolute Gasteiger partial charge is 0.0701 e. The topological polar surface area (TPSA) is 60.0 Å². The summed E-state index contributed by atoms with van der Waals surface area (Å²) in [5.41, 5.74) is 0. The van der Waals surface area contributed by atoms with Gasteiger partial charge in [-0.2, -0.15) is 0 Å². The van der Waals surface area contributed by atoms with Gasteiger partial charge in [-0.15, -0.1) is 0 Å². The Balaban J connectivity index is 2.99. The highest BCUT2D eigenvalue weighted by Crippen LogP contribution is 1.89. The second kappa shape index (κ2) is 15.9. The zero-order valence-corrected chi connectivity index (χ0v) is 12.5. The summed E-state index contributed by atoms with van der Waals surface area (Å²) in [6.07, 6.45) is 3.06. The Morgan fingerprint density at radius 3 is 2.11 bits per heavy atom. The molecule has 0 aliphatic rings. The molecular formula is C14H31NO4. The molecule has 0 amide bonds. The van der Waals surface area contributed by atoms with Crippen molar-refractivity contribution in [2.45, 2.75) is 39.2 Å². The Morgan fingerprint density at radius 2 is 1.53 bits per heavy atom. The molecule has 0 aliphatic carbocycles. The molecule has 0 saturated carbocycles. The Hall–Kier alpha value is -0.200. The van der Waals surface area contributed by atoms with Crippen molar-refractivity contribution in [1.29, 1.82) is 0 Å². The fraction of sp³-hybridized carbons (Fsp3) is 1.00. The van der Waals surface area contributed by atoms with E-state index in [-0.39, 0.29) is 6.61 Å². The van der Waals surface area contributed by atoms with Crippen molar-refractivity contribution < 1.29 is 19.3 Å². The molecule has 2 N–H and O–H groups in total. The Labute approximate surface area is 117 Å². The fourth-order valence-electron chi connectivity index (χ4n) is 1.46. The van der Waals surface area contributed by atoms with Crippen molar-refractivity contribution in [3.05, 3.63) is 0 Å². The molecule has 116 valence electrons. The highest BCUT2D eigenvalue weighted by Gasteiger charge is 1.98. The third kappa shape index (κ3) is 15.7. The maximum Gasteiger partial charge on any atom is 0.0701 e. The molecule has 1 atom stereocenters. The minimum Gasteiger partial charge on any atom is -0.396 e. The van der Waals surface area contributed by atoms with Gasteiger partial charge in [-0.3, -0.25) is 0 Å². The molecule has 5 nitrogen and oxygen atoms in total. The highest BCUT2D eigenvalue weighted by atomic mass is 16.5. The first-order valence-electron chi connectivity index (χ1n) is 7.38. The summed E-state index contributed by atoms with van der Waals surface area (Å²) in [6.45, 7) is 9.27. The average molecular weight is 277 g/mol. The van der Waals surface area contributed by atoms with Crippen LogP contribution < -0.4 is 5.32 Å². The largest absolute Gasteiger partial charge is 0.396 e. The van der Waals surface area contributed by atoms with E-state index in [2.05, 4.69) is 19.2 Å². The molecule has 1 unspecified atom stereocenters. The zero-order valence-electron chi connectivity index (χ0n) is 12.5. The van der Waals surface area contributed by atoms with Crippen LogP contribution in [0.4, 0.5) is 0 Å². The summed E-state index contributed by atoms with van der Waals surface area (Å²) < 4.78 is 16.2. The van der Waals surface area contributed by atoms with Crippen LogP contribution in [-0.4, -0.2) is 63.9 Å². The summed E-state index contributed by atoms with van der Waals surface area (Å²) in [6, 6.07) is 0.338. The number of aliphatic hydroxyl groups excluding tert-OH is 1. The molecule has 0 aromatic rings. The van der Waals surface area contributed by atoms with E-state index in [1.807, 2.05) is 0 Å². The second-order valence-electron chi connectivity index (χ2n) is 4.56. The van der Waals surface area contributed by atoms with Crippen LogP contribution in [0.25, 0.3) is 0 Å². The molecule has 0 aliphatic heterocycles. The van der Waals surface area contributed by atoms with Gasteiger partial charge >= 0.3 is 0 Å². The van der Waals surface area contributed by atoms with Crippen LogP contribution >= 0.6 is 0 Å². The van der Waals surface area contributed by atoms with Gasteiger partial charge in [0.2, 0.25) is 0 Å². The van der Waals surface area contributed by atoms with E-state index in [0.29, 0.717) is 39.1 Å². The van der Waals surface area contributed by atoms with Gasteiger partial charge in [0.05, 0.1) is 33.0 Å². The van der Waals surface area contributed by atoms with Gasteiger partial charge in [-0.25, -0.2) is 0 Å². The van der Waals surface area contributed by atoms with E-state index in [9.17, 15) is 0 Å². The molecule has 0 fully saturated rings. The van der Waals surface area contributed by atoms with Crippen molar-refractivity contribution >= 4 is 0 Å². The summed E-state index contributed by atoms with van der Waals surface area (Å²) in [7, 11) is 0.